The molecule has 1 amide bonds. The maximum absolute atomic E-state index is 13.3. The number of carbonyl (C=O) groups is 1. The van der Waals surface area contributed by atoms with Crippen molar-refractivity contribution in [1.29, 1.82) is 0 Å². The molecule has 3 aromatic rings. The van der Waals surface area contributed by atoms with Gasteiger partial charge in [0.15, 0.2) is 0 Å². The van der Waals surface area contributed by atoms with Gasteiger partial charge >= 0.3 is 0 Å². The first-order valence-electron chi connectivity index (χ1n) is 8.88. The van der Waals surface area contributed by atoms with Crippen molar-refractivity contribution in [2.24, 2.45) is 5.10 Å². The molecule has 0 radical (unpaired) electrons. The number of halogens is 3. The summed E-state index contributed by atoms with van der Waals surface area (Å²) in [4.78, 5) is 12.6. The average molecular weight is 541 g/mol. The van der Waals surface area contributed by atoms with E-state index in [1.54, 1.807) is 30.3 Å². The number of amides is 1. The number of nitrogens with zero attached hydrogens (tertiary/aromatic N) is 2. The first-order chi connectivity index (χ1) is 14.8. The first-order valence-corrected chi connectivity index (χ1v) is 11.9. The van der Waals surface area contributed by atoms with Gasteiger partial charge in [0.05, 0.1) is 26.8 Å². The molecule has 0 fully saturated rings. The summed E-state index contributed by atoms with van der Waals surface area (Å²) < 4.78 is 28.3. The third-order valence-corrected chi connectivity index (χ3v) is 7.15. The van der Waals surface area contributed by atoms with E-state index in [2.05, 4.69) is 26.5 Å². The maximum atomic E-state index is 13.3. The van der Waals surface area contributed by atoms with E-state index in [4.69, 9.17) is 23.2 Å². The van der Waals surface area contributed by atoms with Crippen molar-refractivity contribution in [3.8, 4) is 0 Å². The molecule has 0 bridgehead atoms. The van der Waals surface area contributed by atoms with Crippen LogP contribution < -0.4 is 9.73 Å². The van der Waals surface area contributed by atoms with Crippen molar-refractivity contribution in [2.45, 2.75) is 4.90 Å². The minimum absolute atomic E-state index is 0.0106. The van der Waals surface area contributed by atoms with Gasteiger partial charge in [-0.25, -0.2) is 13.8 Å². The van der Waals surface area contributed by atoms with Crippen LogP contribution in [0.2, 0.25) is 10.0 Å². The van der Waals surface area contributed by atoms with Gasteiger partial charge in [0.2, 0.25) is 0 Å². The van der Waals surface area contributed by atoms with Crippen LogP contribution in [-0.2, 0) is 14.8 Å². The van der Waals surface area contributed by atoms with Gasteiger partial charge in [-0.2, -0.15) is 5.10 Å². The summed E-state index contributed by atoms with van der Waals surface area (Å²) >= 11 is 15.7. The molecule has 0 aliphatic carbocycles. The topological polar surface area (TPSA) is 78.8 Å². The number of sulfonamides is 1. The van der Waals surface area contributed by atoms with E-state index in [9.17, 15) is 13.2 Å². The zero-order valence-electron chi connectivity index (χ0n) is 15.9. The Balaban J connectivity index is 1.88. The van der Waals surface area contributed by atoms with Gasteiger partial charge in [0.25, 0.3) is 15.9 Å². The van der Waals surface area contributed by atoms with E-state index < -0.39 is 22.5 Å². The maximum Gasteiger partial charge on any atom is 0.264 e. The van der Waals surface area contributed by atoms with E-state index in [0.29, 0.717) is 0 Å². The van der Waals surface area contributed by atoms with E-state index in [1.165, 1.54) is 30.5 Å². The summed E-state index contributed by atoms with van der Waals surface area (Å²) in [5.74, 6) is -0.651. The standard InChI is InChI=1S/C21H16BrCl2N3O3S/c22-16-7-4-6-15(12-16)13-25-26-20(28)14-27(19-11-5-10-18(23)21(19)24)31(29,30)17-8-2-1-3-9-17/h1-13H,14H2,(H,26,28)/b25-13+. The Morgan fingerprint density at radius 1 is 1.03 bits per heavy atom. The average Bonchev–Trinajstić information content (AvgIpc) is 2.75. The van der Waals surface area contributed by atoms with E-state index in [1.807, 2.05) is 18.2 Å². The van der Waals surface area contributed by atoms with Crippen LogP contribution in [0.15, 0.2) is 87.3 Å². The summed E-state index contributed by atoms with van der Waals surface area (Å²) in [5.41, 5.74) is 3.18. The van der Waals surface area contributed by atoms with Gasteiger partial charge in [-0.3, -0.25) is 9.10 Å². The van der Waals surface area contributed by atoms with Crippen LogP contribution in [0.3, 0.4) is 0 Å². The monoisotopic (exact) mass is 539 g/mol. The van der Waals surface area contributed by atoms with Crippen LogP contribution in [0.25, 0.3) is 0 Å². The van der Waals surface area contributed by atoms with Crippen LogP contribution in [0, 0.1) is 0 Å². The molecular formula is C21H16BrCl2N3O3S. The molecule has 3 rings (SSSR count). The highest BCUT2D eigenvalue weighted by Gasteiger charge is 2.29. The molecule has 160 valence electrons. The molecule has 0 aromatic heterocycles. The number of hydrazone groups is 1. The zero-order valence-corrected chi connectivity index (χ0v) is 19.8. The van der Waals surface area contributed by atoms with Crippen LogP contribution in [-0.4, -0.2) is 27.1 Å². The predicted molar refractivity (Wildman–Crippen MR) is 127 cm³/mol. The largest absolute Gasteiger partial charge is 0.271 e. The van der Waals surface area contributed by atoms with Crippen molar-refractivity contribution in [3.63, 3.8) is 0 Å². The Hall–Kier alpha value is -2.39. The van der Waals surface area contributed by atoms with Gasteiger partial charge in [0.1, 0.15) is 6.54 Å². The lowest BCUT2D eigenvalue weighted by molar-refractivity contribution is -0.119. The van der Waals surface area contributed by atoms with Crippen molar-refractivity contribution in [1.82, 2.24) is 5.43 Å². The fraction of sp³-hybridized carbons (Fsp3) is 0.0476. The van der Waals surface area contributed by atoms with Gasteiger partial charge < -0.3 is 0 Å². The van der Waals surface area contributed by atoms with Crippen molar-refractivity contribution in [2.75, 3.05) is 10.8 Å². The quantitative estimate of drug-likeness (QED) is 0.334. The molecule has 0 spiro atoms. The Morgan fingerprint density at radius 3 is 2.45 bits per heavy atom. The van der Waals surface area contributed by atoms with Crippen LogP contribution in [0.4, 0.5) is 5.69 Å². The number of benzene rings is 3. The highest BCUT2D eigenvalue weighted by molar-refractivity contribution is 9.10. The summed E-state index contributed by atoms with van der Waals surface area (Å²) in [6.07, 6.45) is 1.45. The Bertz CT molecular complexity index is 1220. The van der Waals surface area contributed by atoms with Gasteiger partial charge in [-0.05, 0) is 42.0 Å². The van der Waals surface area contributed by atoms with Crippen LogP contribution in [0.5, 0.6) is 0 Å². The molecule has 0 heterocycles. The number of anilines is 1. The fourth-order valence-electron chi connectivity index (χ4n) is 2.64. The Labute approximate surface area is 198 Å². The number of nitrogens with one attached hydrogen (secondary N) is 1. The summed E-state index contributed by atoms with van der Waals surface area (Å²) in [5, 5.41) is 4.09. The second kappa shape index (κ2) is 10.3. The number of hydrogen-bond donors (Lipinski definition) is 1. The van der Waals surface area contributed by atoms with Gasteiger partial charge in [-0.15, -0.1) is 0 Å². The van der Waals surface area contributed by atoms with Crippen molar-refractivity contribution >= 4 is 67.0 Å². The zero-order chi connectivity index (χ0) is 22.4. The first kappa shape index (κ1) is 23.3. The van der Waals surface area contributed by atoms with Gasteiger partial charge in [0, 0.05) is 4.47 Å². The number of hydrogen-bond acceptors (Lipinski definition) is 4. The molecule has 10 heteroatoms. The van der Waals surface area contributed by atoms with Crippen LogP contribution >= 0.6 is 39.1 Å². The van der Waals surface area contributed by atoms with Crippen LogP contribution in [0.1, 0.15) is 5.56 Å². The molecule has 3 aromatic carbocycles. The molecule has 31 heavy (non-hydrogen) atoms. The lowest BCUT2D eigenvalue weighted by Crippen LogP contribution is -2.39. The van der Waals surface area contributed by atoms with Gasteiger partial charge in [-0.1, -0.05) is 75.5 Å². The van der Waals surface area contributed by atoms with E-state index in [0.717, 1.165) is 14.3 Å². The SMILES string of the molecule is O=C(CN(c1cccc(Cl)c1Cl)S(=O)(=O)c1ccccc1)N/N=C/c1cccc(Br)c1. The van der Waals surface area contributed by atoms with E-state index >= 15 is 0 Å². The predicted octanol–water partition coefficient (Wildman–Crippen LogP) is 5.10. The number of rotatable bonds is 7. The minimum atomic E-state index is -4.10. The lowest BCUT2D eigenvalue weighted by Gasteiger charge is -2.24. The summed E-state index contributed by atoms with van der Waals surface area (Å²) in [6, 6.07) is 19.6. The molecule has 0 aliphatic rings. The lowest BCUT2D eigenvalue weighted by atomic mass is 10.2. The normalized spacial score (nSPS) is 11.5. The van der Waals surface area contributed by atoms with Crippen molar-refractivity contribution in [3.05, 3.63) is 92.9 Å². The number of carbonyl (C=O) groups excluding carboxylic acids is 1. The molecule has 0 unspecified atom stereocenters. The third kappa shape index (κ3) is 5.86. The second-order valence-corrected chi connectivity index (χ2v) is 9.81. The Morgan fingerprint density at radius 2 is 1.74 bits per heavy atom. The molecule has 0 aliphatic heterocycles. The molecule has 1 N–H and O–H groups in total. The molecular weight excluding hydrogens is 525 g/mol. The highest BCUT2D eigenvalue weighted by atomic mass is 79.9. The molecule has 6 nitrogen and oxygen atoms in total. The highest BCUT2D eigenvalue weighted by Crippen LogP contribution is 2.35. The van der Waals surface area contributed by atoms with Crippen molar-refractivity contribution < 1.29 is 13.2 Å². The molecule has 0 saturated heterocycles. The third-order valence-electron chi connectivity index (χ3n) is 4.07. The second-order valence-electron chi connectivity index (χ2n) is 6.25. The van der Waals surface area contributed by atoms with E-state index in [-0.39, 0.29) is 20.6 Å². The minimum Gasteiger partial charge on any atom is -0.271 e. The molecule has 0 saturated carbocycles. The molecule has 0 atom stereocenters. The Kier molecular flexibility index (Phi) is 7.72. The summed E-state index contributed by atoms with van der Waals surface area (Å²) in [6.45, 7) is -0.548. The fourth-order valence-corrected chi connectivity index (χ4v) is 4.95. The summed E-state index contributed by atoms with van der Waals surface area (Å²) in [7, 11) is -4.10. The smallest absolute Gasteiger partial charge is 0.264 e.